The number of anilines is 1. The molecule has 0 aliphatic heterocycles. The molecular weight excluding hydrogens is 317 g/mol. The van der Waals surface area contributed by atoms with E-state index in [-0.39, 0.29) is 27.6 Å². The summed E-state index contributed by atoms with van der Waals surface area (Å²) < 4.78 is 0. The maximum absolute atomic E-state index is 12.1. The molecule has 0 radical (unpaired) electrons. The van der Waals surface area contributed by atoms with Gasteiger partial charge >= 0.3 is 5.97 Å². The first-order valence-corrected chi connectivity index (χ1v) is 6.47. The zero-order valence-electron chi connectivity index (χ0n) is 10.4. The molecule has 21 heavy (non-hydrogen) atoms. The number of nitrogens with one attached hydrogen (secondary N) is 1. The van der Waals surface area contributed by atoms with Gasteiger partial charge in [-0.1, -0.05) is 23.2 Å². The third-order valence-electron chi connectivity index (χ3n) is 2.66. The van der Waals surface area contributed by atoms with Gasteiger partial charge in [-0.05, 0) is 36.4 Å². The van der Waals surface area contributed by atoms with Crippen LogP contribution in [-0.2, 0) is 0 Å². The normalized spacial score (nSPS) is 10.2. The summed E-state index contributed by atoms with van der Waals surface area (Å²) in [5.74, 6) is -2.04. The number of benzene rings is 2. The van der Waals surface area contributed by atoms with Gasteiger partial charge in [-0.25, -0.2) is 4.79 Å². The molecule has 0 aliphatic rings. The van der Waals surface area contributed by atoms with Crippen LogP contribution in [0.3, 0.4) is 0 Å². The number of phenols is 1. The van der Waals surface area contributed by atoms with Gasteiger partial charge in [0.05, 0.1) is 21.8 Å². The SMILES string of the molecule is O=C(O)c1ccc(O)c(NC(=O)c2cc(Cl)ccc2Cl)c1. The monoisotopic (exact) mass is 325 g/mol. The summed E-state index contributed by atoms with van der Waals surface area (Å²) in [5, 5.41) is 21.5. The van der Waals surface area contributed by atoms with Crippen LogP contribution in [0.25, 0.3) is 0 Å². The zero-order valence-corrected chi connectivity index (χ0v) is 11.9. The van der Waals surface area contributed by atoms with Crippen molar-refractivity contribution in [3.8, 4) is 5.75 Å². The first-order valence-electron chi connectivity index (χ1n) is 5.71. The van der Waals surface area contributed by atoms with Crippen molar-refractivity contribution in [3.63, 3.8) is 0 Å². The maximum Gasteiger partial charge on any atom is 0.335 e. The standard InChI is InChI=1S/C14H9Cl2NO4/c15-8-2-3-10(16)9(6-8)13(19)17-11-5-7(14(20)21)1-4-12(11)18/h1-6,18H,(H,17,19)(H,20,21). The molecule has 0 saturated heterocycles. The summed E-state index contributed by atoms with van der Waals surface area (Å²) in [5.41, 5.74) is 0.0144. The molecule has 0 heterocycles. The summed E-state index contributed by atoms with van der Waals surface area (Å²) in [6, 6.07) is 7.92. The lowest BCUT2D eigenvalue weighted by atomic mass is 10.1. The molecule has 108 valence electrons. The first kappa shape index (κ1) is 15.2. The predicted octanol–water partition coefficient (Wildman–Crippen LogP) is 3.65. The minimum absolute atomic E-state index is 0.0315. The second-order valence-corrected chi connectivity index (χ2v) is 4.96. The Morgan fingerprint density at radius 1 is 1.05 bits per heavy atom. The van der Waals surface area contributed by atoms with Gasteiger partial charge in [0.2, 0.25) is 0 Å². The molecule has 0 spiro atoms. The van der Waals surface area contributed by atoms with Gasteiger partial charge in [0.15, 0.2) is 0 Å². The van der Waals surface area contributed by atoms with E-state index in [4.69, 9.17) is 28.3 Å². The molecular formula is C14H9Cl2NO4. The van der Waals surface area contributed by atoms with Crippen molar-refractivity contribution in [3.05, 3.63) is 57.6 Å². The molecule has 7 heteroatoms. The van der Waals surface area contributed by atoms with Crippen molar-refractivity contribution in [2.75, 3.05) is 5.32 Å². The van der Waals surface area contributed by atoms with E-state index in [2.05, 4.69) is 5.32 Å². The Labute approximate surface area is 129 Å². The Balaban J connectivity index is 2.33. The second kappa shape index (κ2) is 6.03. The Morgan fingerprint density at radius 2 is 1.76 bits per heavy atom. The fraction of sp³-hybridized carbons (Fsp3) is 0. The van der Waals surface area contributed by atoms with Gasteiger partial charge in [-0.3, -0.25) is 4.79 Å². The van der Waals surface area contributed by atoms with Gasteiger partial charge in [0.1, 0.15) is 5.75 Å². The number of carbonyl (C=O) groups is 2. The highest BCUT2D eigenvalue weighted by Crippen LogP contribution is 2.27. The van der Waals surface area contributed by atoms with Crippen LogP contribution in [0.5, 0.6) is 5.75 Å². The zero-order chi connectivity index (χ0) is 15.6. The summed E-state index contributed by atoms with van der Waals surface area (Å²) in [6.45, 7) is 0. The molecule has 0 fully saturated rings. The first-order chi connectivity index (χ1) is 9.88. The number of aromatic carboxylic acids is 1. The van der Waals surface area contributed by atoms with E-state index < -0.39 is 11.9 Å². The molecule has 0 unspecified atom stereocenters. The smallest absolute Gasteiger partial charge is 0.335 e. The van der Waals surface area contributed by atoms with Gasteiger partial charge in [0.25, 0.3) is 5.91 Å². The van der Waals surface area contributed by atoms with E-state index in [0.717, 1.165) is 6.07 Å². The lowest BCUT2D eigenvalue weighted by Gasteiger charge is -2.09. The minimum Gasteiger partial charge on any atom is -0.506 e. The van der Waals surface area contributed by atoms with E-state index >= 15 is 0 Å². The lowest BCUT2D eigenvalue weighted by Crippen LogP contribution is -2.13. The van der Waals surface area contributed by atoms with Crippen molar-refractivity contribution in [2.45, 2.75) is 0 Å². The molecule has 0 saturated carbocycles. The number of hydrogen-bond acceptors (Lipinski definition) is 3. The molecule has 2 aromatic carbocycles. The summed E-state index contributed by atoms with van der Waals surface area (Å²) in [7, 11) is 0. The topological polar surface area (TPSA) is 86.6 Å². The molecule has 0 atom stereocenters. The predicted molar refractivity (Wildman–Crippen MR) is 79.5 cm³/mol. The van der Waals surface area contributed by atoms with Crippen LogP contribution in [-0.4, -0.2) is 22.1 Å². The number of halogens is 2. The number of carbonyl (C=O) groups excluding carboxylic acids is 1. The van der Waals surface area contributed by atoms with Crippen molar-refractivity contribution in [2.24, 2.45) is 0 Å². The highest BCUT2D eigenvalue weighted by Gasteiger charge is 2.14. The number of phenolic OH excluding ortho intramolecular Hbond substituents is 1. The molecule has 3 N–H and O–H groups in total. The summed E-state index contributed by atoms with van der Waals surface area (Å²) in [6.07, 6.45) is 0. The largest absolute Gasteiger partial charge is 0.506 e. The number of hydrogen-bond donors (Lipinski definition) is 3. The molecule has 0 aromatic heterocycles. The van der Waals surface area contributed by atoms with E-state index in [9.17, 15) is 14.7 Å². The third kappa shape index (κ3) is 3.45. The highest BCUT2D eigenvalue weighted by atomic mass is 35.5. The van der Waals surface area contributed by atoms with E-state index in [1.807, 2.05) is 0 Å². The fourth-order valence-corrected chi connectivity index (χ4v) is 2.01. The quantitative estimate of drug-likeness (QED) is 0.752. The molecule has 5 nitrogen and oxygen atoms in total. The van der Waals surface area contributed by atoms with Crippen LogP contribution < -0.4 is 5.32 Å². The van der Waals surface area contributed by atoms with Crippen LogP contribution in [0, 0.1) is 0 Å². The van der Waals surface area contributed by atoms with E-state index in [1.165, 1.54) is 30.3 Å². The Kier molecular flexibility index (Phi) is 4.35. The van der Waals surface area contributed by atoms with Gasteiger partial charge in [0, 0.05) is 5.02 Å². The number of carboxylic acids is 1. The average Bonchev–Trinajstić information content (AvgIpc) is 2.43. The number of amides is 1. The molecule has 2 rings (SSSR count). The van der Waals surface area contributed by atoms with Gasteiger partial charge in [-0.15, -0.1) is 0 Å². The molecule has 2 aromatic rings. The van der Waals surface area contributed by atoms with Crippen molar-refractivity contribution in [1.29, 1.82) is 0 Å². The molecule has 0 aliphatic carbocycles. The average molecular weight is 326 g/mol. The Bertz CT molecular complexity index is 731. The van der Waals surface area contributed by atoms with Crippen molar-refractivity contribution < 1.29 is 19.8 Å². The Hall–Kier alpha value is -2.24. The van der Waals surface area contributed by atoms with Gasteiger partial charge in [-0.2, -0.15) is 0 Å². The number of carboxylic acid groups (broad SMARTS) is 1. The van der Waals surface area contributed by atoms with E-state index in [1.54, 1.807) is 0 Å². The van der Waals surface area contributed by atoms with Crippen LogP contribution in [0.4, 0.5) is 5.69 Å². The van der Waals surface area contributed by atoms with Crippen molar-refractivity contribution >= 4 is 40.8 Å². The van der Waals surface area contributed by atoms with Crippen LogP contribution in [0.15, 0.2) is 36.4 Å². The lowest BCUT2D eigenvalue weighted by molar-refractivity contribution is 0.0696. The summed E-state index contributed by atoms with van der Waals surface area (Å²) in [4.78, 5) is 23.0. The van der Waals surface area contributed by atoms with Gasteiger partial charge < -0.3 is 15.5 Å². The molecule has 1 amide bonds. The molecule has 0 bridgehead atoms. The minimum atomic E-state index is -1.17. The maximum atomic E-state index is 12.1. The fourth-order valence-electron chi connectivity index (χ4n) is 1.63. The Morgan fingerprint density at radius 3 is 2.43 bits per heavy atom. The summed E-state index contributed by atoms with van der Waals surface area (Å²) >= 11 is 11.7. The second-order valence-electron chi connectivity index (χ2n) is 4.12. The third-order valence-corrected chi connectivity index (χ3v) is 3.23. The number of aromatic hydroxyl groups is 1. The van der Waals surface area contributed by atoms with Crippen molar-refractivity contribution in [1.82, 2.24) is 0 Å². The highest BCUT2D eigenvalue weighted by molar-refractivity contribution is 6.36. The van der Waals surface area contributed by atoms with Crippen LogP contribution >= 0.6 is 23.2 Å². The van der Waals surface area contributed by atoms with Crippen LogP contribution in [0.1, 0.15) is 20.7 Å². The number of rotatable bonds is 3. The van der Waals surface area contributed by atoms with Crippen LogP contribution in [0.2, 0.25) is 10.0 Å². The van der Waals surface area contributed by atoms with E-state index in [0.29, 0.717) is 5.02 Å².